The van der Waals surface area contributed by atoms with Crippen molar-refractivity contribution >= 4 is 30.2 Å². The highest BCUT2D eigenvalue weighted by molar-refractivity contribution is 7.16. The summed E-state index contributed by atoms with van der Waals surface area (Å²) in [5.74, 6) is -3.34. The zero-order valence-corrected chi connectivity index (χ0v) is 18.3. The van der Waals surface area contributed by atoms with Crippen LogP contribution in [0.2, 0.25) is 0 Å². The third kappa shape index (κ3) is 1.68. The SMILES string of the molecule is [B]Nc1nc2c(s1)CC(C)(C)C1[C@H](O)[C@]3(O)OC[C@@]21C1CC[C@@H]2[C@@H](O)[C@@]13C(=O)C21CN1. The lowest BCUT2D eigenvalue weighted by Gasteiger charge is -2.73. The van der Waals surface area contributed by atoms with Crippen LogP contribution >= 0.6 is 11.3 Å². The molecule has 9 atom stereocenters. The molecule has 6 fully saturated rings. The van der Waals surface area contributed by atoms with Gasteiger partial charge in [-0.05, 0) is 30.6 Å². The minimum Gasteiger partial charge on any atom is -0.414 e. The Morgan fingerprint density at radius 1 is 1.29 bits per heavy atom. The molecule has 5 N–H and O–H groups in total. The van der Waals surface area contributed by atoms with Gasteiger partial charge in [0.1, 0.15) is 11.5 Å². The number of aliphatic hydroxyl groups is 3. The Morgan fingerprint density at radius 3 is 2.71 bits per heavy atom. The van der Waals surface area contributed by atoms with Gasteiger partial charge in [-0.3, -0.25) is 4.79 Å². The monoisotopic (exact) mass is 443 g/mol. The van der Waals surface area contributed by atoms with Crippen LogP contribution in [0.4, 0.5) is 5.13 Å². The number of anilines is 1. The molecule has 1 aromatic heterocycles. The van der Waals surface area contributed by atoms with E-state index in [1.54, 1.807) is 0 Å². The molecule has 164 valence electrons. The molecule has 3 saturated heterocycles. The zero-order valence-electron chi connectivity index (χ0n) is 17.5. The lowest BCUT2D eigenvalue weighted by Crippen LogP contribution is -2.85. The third-order valence-corrected chi connectivity index (χ3v) is 10.9. The largest absolute Gasteiger partial charge is 0.414 e. The van der Waals surface area contributed by atoms with Crippen molar-refractivity contribution in [1.29, 1.82) is 0 Å². The zero-order chi connectivity index (χ0) is 21.8. The van der Waals surface area contributed by atoms with Gasteiger partial charge in [-0.25, -0.2) is 4.98 Å². The summed E-state index contributed by atoms with van der Waals surface area (Å²) in [6.45, 7) is 4.85. The summed E-state index contributed by atoms with van der Waals surface area (Å²) >= 11 is 1.49. The fourth-order valence-corrected chi connectivity index (χ4v) is 10.1. The van der Waals surface area contributed by atoms with Crippen molar-refractivity contribution < 1.29 is 24.9 Å². The molecule has 10 heteroatoms. The van der Waals surface area contributed by atoms with Crippen LogP contribution in [0.5, 0.6) is 0 Å². The van der Waals surface area contributed by atoms with Crippen LogP contribution in [0.15, 0.2) is 0 Å². The number of fused-ring (bicyclic) bond motifs is 4. The molecule has 4 aliphatic carbocycles. The molecule has 3 spiro atoms. The Balaban J connectivity index is 1.55. The van der Waals surface area contributed by atoms with Crippen molar-refractivity contribution in [3.8, 4) is 0 Å². The van der Waals surface area contributed by atoms with Gasteiger partial charge in [-0.15, -0.1) is 11.3 Å². The number of aromatic nitrogens is 1. The Labute approximate surface area is 185 Å². The van der Waals surface area contributed by atoms with E-state index in [9.17, 15) is 20.1 Å². The molecule has 8 rings (SSSR count). The number of carbonyl (C=O) groups is 1. The molecule has 1 aromatic rings. The number of carbonyl (C=O) groups excluding carboxylic acids is 1. The van der Waals surface area contributed by atoms with Crippen LogP contribution in [-0.2, 0) is 21.4 Å². The van der Waals surface area contributed by atoms with Crippen molar-refractivity contribution in [2.24, 2.45) is 28.6 Å². The van der Waals surface area contributed by atoms with E-state index in [-0.39, 0.29) is 35.6 Å². The number of ether oxygens (including phenoxy) is 1. The van der Waals surface area contributed by atoms with E-state index in [2.05, 4.69) is 24.4 Å². The number of nitrogens with one attached hydrogen (secondary N) is 2. The lowest BCUT2D eigenvalue weighted by molar-refractivity contribution is -0.429. The number of hydrogen-bond acceptors (Lipinski definition) is 9. The summed E-state index contributed by atoms with van der Waals surface area (Å²) < 4.78 is 6.09. The maximum Gasteiger partial charge on any atom is 0.225 e. The number of aliphatic hydroxyl groups excluding tert-OH is 2. The molecule has 31 heavy (non-hydrogen) atoms. The Kier molecular flexibility index (Phi) is 3.26. The highest BCUT2D eigenvalue weighted by atomic mass is 32.1. The summed E-state index contributed by atoms with van der Waals surface area (Å²) in [4.78, 5) is 19.9. The van der Waals surface area contributed by atoms with Gasteiger partial charge in [0.2, 0.25) is 13.8 Å². The first-order valence-corrected chi connectivity index (χ1v) is 11.9. The van der Waals surface area contributed by atoms with Gasteiger partial charge < -0.3 is 30.6 Å². The van der Waals surface area contributed by atoms with E-state index in [1.165, 1.54) is 11.3 Å². The molecule has 3 aliphatic heterocycles. The quantitative estimate of drug-likeness (QED) is 0.289. The highest BCUT2D eigenvalue weighted by Gasteiger charge is 2.90. The molecule has 2 radical (unpaired) electrons. The second-order valence-electron chi connectivity index (χ2n) is 11.3. The van der Waals surface area contributed by atoms with Crippen LogP contribution in [0.1, 0.15) is 37.3 Å². The van der Waals surface area contributed by atoms with E-state index < -0.39 is 34.4 Å². The maximum atomic E-state index is 14.1. The van der Waals surface area contributed by atoms with Crippen molar-refractivity contribution in [2.45, 2.75) is 62.1 Å². The summed E-state index contributed by atoms with van der Waals surface area (Å²) in [6.07, 6.45) is -0.348. The number of rotatable bonds is 1. The number of hydrogen-bond donors (Lipinski definition) is 5. The summed E-state index contributed by atoms with van der Waals surface area (Å²) in [5, 5.41) is 41.8. The average Bonchev–Trinajstić information content (AvgIpc) is 3.40. The van der Waals surface area contributed by atoms with Gasteiger partial charge in [-0.2, -0.15) is 0 Å². The molecular weight excluding hydrogens is 417 g/mol. The van der Waals surface area contributed by atoms with Gasteiger partial charge in [-0.1, -0.05) is 13.8 Å². The first kappa shape index (κ1) is 19.4. The topological polar surface area (TPSA) is 134 Å². The molecule has 3 saturated carbocycles. The van der Waals surface area contributed by atoms with Crippen molar-refractivity contribution in [2.75, 3.05) is 18.4 Å². The van der Waals surface area contributed by atoms with Crippen molar-refractivity contribution in [3.05, 3.63) is 10.6 Å². The Bertz CT molecular complexity index is 1040. The van der Waals surface area contributed by atoms with Gasteiger partial charge in [0.05, 0.1) is 23.9 Å². The lowest BCUT2D eigenvalue weighted by atomic mass is 9.36. The predicted octanol–water partition coefficient (Wildman–Crippen LogP) is -0.534. The minimum absolute atomic E-state index is 0.160. The Morgan fingerprint density at radius 2 is 2.03 bits per heavy atom. The van der Waals surface area contributed by atoms with Gasteiger partial charge in [0.25, 0.3) is 0 Å². The normalized spacial score (nSPS) is 55.0. The number of thiazole rings is 1. The fraction of sp³-hybridized carbons (Fsp3) is 0.810. The number of Topliss-reactive ketones (excluding diaryl/α,β-unsaturated/α-hetero) is 1. The van der Waals surface area contributed by atoms with Gasteiger partial charge in [0, 0.05) is 28.7 Å². The number of nitrogens with zero attached hydrogens (tertiary/aromatic N) is 1. The molecule has 4 heterocycles. The van der Waals surface area contributed by atoms with E-state index >= 15 is 0 Å². The molecule has 0 aromatic carbocycles. The Hall–Kier alpha value is -1.04. The van der Waals surface area contributed by atoms with E-state index in [0.29, 0.717) is 30.9 Å². The van der Waals surface area contributed by atoms with Crippen molar-refractivity contribution in [1.82, 2.24) is 10.3 Å². The molecule has 8 nitrogen and oxygen atoms in total. The first-order valence-electron chi connectivity index (χ1n) is 11.1. The summed E-state index contributed by atoms with van der Waals surface area (Å²) in [5.41, 5.74) is -2.73. The molecule has 0 amide bonds. The van der Waals surface area contributed by atoms with Crippen LogP contribution in [0, 0.1) is 28.6 Å². The summed E-state index contributed by atoms with van der Waals surface area (Å²) in [6, 6.07) is 0. The average molecular weight is 443 g/mol. The second kappa shape index (κ2) is 5.21. The van der Waals surface area contributed by atoms with Gasteiger partial charge >= 0.3 is 0 Å². The van der Waals surface area contributed by atoms with Crippen LogP contribution in [0.25, 0.3) is 0 Å². The standard InChI is InChI=1S/C21H26BN3O5S/c1-17(2)5-9-12(24-16(25-22)31-9)18-7-30-21(29,14(27)11(17)18)20-10(18)4-3-8(13(20)26)19(6-23-19)15(20)28/h8,10-11,13-14,23,26-27,29H,3-7H2,1-2H3,(H,24,25)/t8-,10?,11?,13-,14+,18+,19?,20-,21+/m1/s1. The maximum absolute atomic E-state index is 14.1. The van der Waals surface area contributed by atoms with E-state index in [4.69, 9.17) is 17.7 Å². The minimum atomic E-state index is -2.12. The predicted molar refractivity (Wildman–Crippen MR) is 111 cm³/mol. The van der Waals surface area contributed by atoms with Crippen molar-refractivity contribution in [3.63, 3.8) is 0 Å². The van der Waals surface area contributed by atoms with E-state index in [1.807, 2.05) is 0 Å². The molecule has 4 bridgehead atoms. The smallest absolute Gasteiger partial charge is 0.225 e. The van der Waals surface area contributed by atoms with Gasteiger partial charge in [0.15, 0.2) is 10.9 Å². The van der Waals surface area contributed by atoms with Crippen LogP contribution in [-0.4, -0.2) is 70.8 Å². The molecule has 7 aliphatic rings. The fourth-order valence-electron chi connectivity index (χ4n) is 8.93. The molecule has 3 unspecified atom stereocenters. The first-order chi connectivity index (χ1) is 14.6. The third-order valence-electron chi connectivity index (χ3n) is 9.87. The summed E-state index contributed by atoms with van der Waals surface area (Å²) in [7, 11) is 5.69. The second-order valence-corrected chi connectivity index (χ2v) is 12.3. The van der Waals surface area contributed by atoms with E-state index in [0.717, 1.165) is 10.6 Å². The number of ketones is 1. The van der Waals surface area contributed by atoms with Crippen LogP contribution < -0.4 is 10.5 Å². The highest BCUT2D eigenvalue weighted by Crippen LogP contribution is 2.77. The molecular formula is C21H26BN3O5S. The van der Waals surface area contributed by atoms with Crippen LogP contribution in [0.3, 0.4) is 0 Å².